The number of nitrogens with zero attached hydrogens (tertiary/aromatic N) is 1. The van der Waals surface area contributed by atoms with Crippen LogP contribution in [0, 0.1) is 0 Å². The fourth-order valence-corrected chi connectivity index (χ4v) is 2.23. The number of halogens is 1. The highest BCUT2D eigenvalue weighted by Gasteiger charge is 2.13. The number of nitrogens with one attached hydrogen (secondary N) is 2. The fourth-order valence-electron chi connectivity index (χ4n) is 1.78. The Kier molecular flexibility index (Phi) is 4.90. The zero-order valence-electron chi connectivity index (χ0n) is 11.1. The zero-order chi connectivity index (χ0) is 13.7. The van der Waals surface area contributed by atoms with Crippen LogP contribution in [0.15, 0.2) is 21.6 Å². The second-order valence-electron chi connectivity index (χ2n) is 3.93. The van der Waals surface area contributed by atoms with Gasteiger partial charge in [-0.05, 0) is 29.8 Å². The van der Waals surface area contributed by atoms with E-state index < -0.39 is 0 Å². The molecule has 5 nitrogen and oxygen atoms in total. The molecule has 2 N–H and O–H groups in total. The molecule has 0 radical (unpaired) electrons. The predicted molar refractivity (Wildman–Crippen MR) is 80.4 cm³/mol. The lowest BCUT2D eigenvalue weighted by Crippen LogP contribution is -2.26. The predicted octanol–water partition coefficient (Wildman–Crippen LogP) is 2.62. The van der Waals surface area contributed by atoms with E-state index in [0.717, 1.165) is 40.7 Å². The van der Waals surface area contributed by atoms with Crippen molar-refractivity contribution in [2.24, 2.45) is 4.99 Å². The Labute approximate surface area is 121 Å². The second-order valence-corrected chi connectivity index (χ2v) is 4.72. The van der Waals surface area contributed by atoms with Crippen molar-refractivity contribution in [1.82, 2.24) is 5.32 Å². The van der Waals surface area contributed by atoms with Crippen molar-refractivity contribution in [3.63, 3.8) is 0 Å². The van der Waals surface area contributed by atoms with E-state index >= 15 is 0 Å². The van der Waals surface area contributed by atoms with E-state index in [1.54, 1.807) is 0 Å². The molecule has 0 saturated heterocycles. The Morgan fingerprint density at radius 2 is 2.11 bits per heavy atom. The summed E-state index contributed by atoms with van der Waals surface area (Å²) in [5.41, 5.74) is 0.877. The zero-order valence-corrected chi connectivity index (χ0v) is 12.7. The van der Waals surface area contributed by atoms with Gasteiger partial charge in [0.2, 0.25) is 0 Å². The van der Waals surface area contributed by atoms with Crippen molar-refractivity contribution in [2.45, 2.75) is 13.8 Å². The molecule has 0 aromatic heterocycles. The first-order valence-electron chi connectivity index (χ1n) is 6.39. The highest BCUT2D eigenvalue weighted by molar-refractivity contribution is 9.10. The fraction of sp³-hybridized carbons (Fsp3) is 0.462. The lowest BCUT2D eigenvalue weighted by molar-refractivity contribution is 0.322. The average molecular weight is 328 g/mol. The lowest BCUT2D eigenvalue weighted by atomic mass is 10.2. The normalized spacial score (nSPS) is 13.7. The van der Waals surface area contributed by atoms with Gasteiger partial charge in [-0.3, -0.25) is 4.99 Å². The van der Waals surface area contributed by atoms with Gasteiger partial charge in [-0.1, -0.05) is 0 Å². The minimum Gasteiger partial charge on any atom is -0.494 e. The summed E-state index contributed by atoms with van der Waals surface area (Å²) in [7, 11) is 0. The number of hydrogen-bond donors (Lipinski definition) is 2. The number of hydrogen-bond acceptors (Lipinski definition) is 5. The van der Waals surface area contributed by atoms with Crippen LogP contribution in [0.1, 0.15) is 13.8 Å². The van der Waals surface area contributed by atoms with Gasteiger partial charge in [0.25, 0.3) is 0 Å². The Hall–Kier alpha value is -1.43. The molecular formula is C13H18BrN3O2. The first-order valence-corrected chi connectivity index (χ1v) is 7.18. The summed E-state index contributed by atoms with van der Waals surface area (Å²) < 4.78 is 12.0. The number of anilines is 1. The van der Waals surface area contributed by atoms with E-state index in [0.29, 0.717) is 13.2 Å². The quantitative estimate of drug-likeness (QED) is 0.872. The monoisotopic (exact) mass is 327 g/mol. The molecule has 0 saturated carbocycles. The summed E-state index contributed by atoms with van der Waals surface area (Å²) in [6.07, 6.45) is 0. The van der Waals surface area contributed by atoms with Crippen LogP contribution in [0.3, 0.4) is 0 Å². The van der Waals surface area contributed by atoms with Crippen LogP contribution >= 0.6 is 15.9 Å². The van der Waals surface area contributed by atoms with E-state index in [9.17, 15) is 0 Å². The summed E-state index contributed by atoms with van der Waals surface area (Å²) in [6, 6.07) is 3.81. The first kappa shape index (κ1) is 14.0. The van der Waals surface area contributed by atoms with Crippen LogP contribution in [0.2, 0.25) is 0 Å². The van der Waals surface area contributed by atoms with Gasteiger partial charge in [-0.25, -0.2) is 0 Å². The third-order valence-corrected chi connectivity index (χ3v) is 3.37. The molecule has 0 aliphatic carbocycles. The van der Waals surface area contributed by atoms with Crippen molar-refractivity contribution in [3.8, 4) is 11.5 Å². The number of guanidine groups is 1. The van der Waals surface area contributed by atoms with Crippen LogP contribution in [0.5, 0.6) is 11.5 Å². The number of rotatable bonds is 5. The van der Waals surface area contributed by atoms with Gasteiger partial charge in [0.15, 0.2) is 5.96 Å². The van der Waals surface area contributed by atoms with E-state index in [2.05, 4.69) is 31.6 Å². The molecule has 0 bridgehead atoms. The molecule has 6 heteroatoms. The summed E-state index contributed by atoms with van der Waals surface area (Å²) in [5, 5.41) is 6.41. The largest absolute Gasteiger partial charge is 0.494 e. The summed E-state index contributed by atoms with van der Waals surface area (Å²) in [5.74, 6) is 2.31. The molecule has 1 aliphatic rings. The van der Waals surface area contributed by atoms with Crippen LogP contribution in [-0.4, -0.2) is 32.3 Å². The molecule has 0 fully saturated rings. The second kappa shape index (κ2) is 6.65. The Balaban J connectivity index is 2.27. The van der Waals surface area contributed by atoms with E-state index in [1.165, 1.54) is 0 Å². The highest BCUT2D eigenvalue weighted by Crippen LogP contribution is 2.37. The van der Waals surface area contributed by atoms with E-state index in [1.807, 2.05) is 26.0 Å². The minimum atomic E-state index is 0.604. The Morgan fingerprint density at radius 1 is 1.32 bits per heavy atom. The van der Waals surface area contributed by atoms with Crippen molar-refractivity contribution < 1.29 is 9.47 Å². The van der Waals surface area contributed by atoms with Gasteiger partial charge >= 0.3 is 0 Å². The van der Waals surface area contributed by atoms with Crippen LogP contribution in [0.4, 0.5) is 5.69 Å². The average Bonchev–Trinajstić information content (AvgIpc) is 2.88. The number of ether oxygens (including phenoxy) is 2. The van der Waals surface area contributed by atoms with E-state index in [4.69, 9.17) is 9.47 Å². The smallest absolute Gasteiger partial charge is 0.195 e. The maximum Gasteiger partial charge on any atom is 0.195 e. The van der Waals surface area contributed by atoms with Gasteiger partial charge in [0, 0.05) is 18.7 Å². The van der Waals surface area contributed by atoms with Crippen LogP contribution in [-0.2, 0) is 0 Å². The van der Waals surface area contributed by atoms with Crippen LogP contribution in [0.25, 0.3) is 0 Å². The molecule has 1 aromatic rings. The molecule has 0 amide bonds. The maximum absolute atomic E-state index is 5.60. The van der Waals surface area contributed by atoms with Gasteiger partial charge in [-0.2, -0.15) is 0 Å². The van der Waals surface area contributed by atoms with Crippen LogP contribution < -0.4 is 20.1 Å². The number of benzene rings is 1. The van der Waals surface area contributed by atoms with E-state index in [-0.39, 0.29) is 0 Å². The summed E-state index contributed by atoms with van der Waals surface area (Å²) in [4.78, 5) is 4.32. The molecular weight excluding hydrogens is 310 g/mol. The van der Waals surface area contributed by atoms with Crippen molar-refractivity contribution in [2.75, 3.05) is 31.6 Å². The van der Waals surface area contributed by atoms with Gasteiger partial charge in [-0.15, -0.1) is 0 Å². The Bertz CT molecular complexity index is 477. The first-order chi connectivity index (χ1) is 9.24. The molecule has 19 heavy (non-hydrogen) atoms. The lowest BCUT2D eigenvalue weighted by Gasteiger charge is -2.15. The van der Waals surface area contributed by atoms with Crippen molar-refractivity contribution in [1.29, 1.82) is 0 Å². The molecule has 0 spiro atoms. The molecule has 1 aromatic carbocycles. The molecule has 1 heterocycles. The maximum atomic E-state index is 5.60. The number of aliphatic imine (C=N–C) groups is 1. The molecule has 104 valence electrons. The Morgan fingerprint density at radius 3 is 2.74 bits per heavy atom. The van der Waals surface area contributed by atoms with Gasteiger partial charge in [0.1, 0.15) is 11.5 Å². The highest BCUT2D eigenvalue weighted by atomic mass is 79.9. The van der Waals surface area contributed by atoms with Crippen molar-refractivity contribution in [3.05, 3.63) is 16.6 Å². The minimum absolute atomic E-state index is 0.604. The summed E-state index contributed by atoms with van der Waals surface area (Å²) in [6.45, 7) is 6.79. The standard InChI is InChI=1S/C13H18BrN3O2/c1-3-18-9-7-10(17-13-15-5-6-16-13)12(14)11(8-9)19-4-2/h7-8H,3-6H2,1-2H3,(H2,15,16,17). The summed E-state index contributed by atoms with van der Waals surface area (Å²) >= 11 is 3.55. The topological polar surface area (TPSA) is 54.9 Å². The molecule has 2 rings (SSSR count). The van der Waals surface area contributed by atoms with Gasteiger partial charge in [0.05, 0.1) is 29.9 Å². The SMILES string of the molecule is CCOc1cc(NC2=NCCN2)c(Br)c(OCC)c1. The van der Waals surface area contributed by atoms with Crippen molar-refractivity contribution >= 4 is 27.6 Å². The molecule has 0 unspecified atom stereocenters. The third kappa shape index (κ3) is 3.53. The molecule has 0 atom stereocenters. The third-order valence-electron chi connectivity index (χ3n) is 2.55. The molecule has 1 aliphatic heterocycles. The van der Waals surface area contributed by atoms with Gasteiger partial charge < -0.3 is 20.1 Å².